The number of hydrogen-bond acceptors (Lipinski definition) is 5. The van der Waals surface area contributed by atoms with Crippen LogP contribution < -0.4 is 5.32 Å². The lowest BCUT2D eigenvalue weighted by molar-refractivity contribution is 0.0787. The minimum atomic E-state index is 0.0606. The molecular formula is C26H35N5OS. The quantitative estimate of drug-likeness (QED) is 0.604. The molecule has 1 aliphatic heterocycles. The second kappa shape index (κ2) is 9.57. The van der Waals surface area contributed by atoms with Gasteiger partial charge in [0.2, 0.25) is 0 Å². The van der Waals surface area contributed by atoms with Crippen LogP contribution in [0.5, 0.6) is 0 Å². The van der Waals surface area contributed by atoms with Gasteiger partial charge in [0.1, 0.15) is 4.83 Å². The molecule has 3 aromatic rings. The van der Waals surface area contributed by atoms with Crippen LogP contribution in [0.15, 0.2) is 36.4 Å². The number of fused-ring (bicyclic) bond motifs is 1. The maximum atomic E-state index is 13.1. The number of aromatic nitrogens is 2. The van der Waals surface area contributed by atoms with E-state index in [1.807, 2.05) is 48.0 Å². The molecule has 1 aliphatic carbocycles. The van der Waals surface area contributed by atoms with Crippen LogP contribution in [0.3, 0.4) is 0 Å². The van der Waals surface area contributed by atoms with Crippen molar-refractivity contribution in [3.63, 3.8) is 0 Å². The molecule has 0 radical (unpaired) electrons. The second-order valence-corrected chi connectivity index (χ2v) is 10.9. The van der Waals surface area contributed by atoms with Crippen LogP contribution in [0.2, 0.25) is 0 Å². The number of nitrogens with one attached hydrogen (secondary N) is 1. The summed E-state index contributed by atoms with van der Waals surface area (Å²) in [5.41, 5.74) is 1.99. The molecule has 1 saturated heterocycles. The van der Waals surface area contributed by atoms with E-state index in [4.69, 9.17) is 5.10 Å². The molecule has 1 aromatic carbocycles. The van der Waals surface area contributed by atoms with E-state index in [0.29, 0.717) is 6.04 Å². The molecule has 1 N–H and O–H groups in total. The number of carbonyl (C=O) groups is 1. The maximum Gasteiger partial charge on any atom is 0.261 e. The number of amides is 1. The highest BCUT2D eigenvalue weighted by Gasteiger charge is 2.30. The number of rotatable bonds is 5. The van der Waals surface area contributed by atoms with Gasteiger partial charge in [-0.2, -0.15) is 5.10 Å². The Kier molecular flexibility index (Phi) is 6.54. The van der Waals surface area contributed by atoms with E-state index in [2.05, 4.69) is 29.2 Å². The summed E-state index contributed by atoms with van der Waals surface area (Å²) in [6.07, 6.45) is 7.07. The smallest absolute Gasteiger partial charge is 0.261 e. The fourth-order valence-corrected chi connectivity index (χ4v) is 6.60. The largest absolute Gasteiger partial charge is 0.349 e. The minimum Gasteiger partial charge on any atom is -0.349 e. The summed E-state index contributed by atoms with van der Waals surface area (Å²) < 4.78 is 1.96. The molecule has 3 heterocycles. The summed E-state index contributed by atoms with van der Waals surface area (Å²) in [5.74, 6) is 0.0606. The van der Waals surface area contributed by atoms with Gasteiger partial charge in [0, 0.05) is 23.5 Å². The summed E-state index contributed by atoms with van der Waals surface area (Å²) in [4.78, 5) is 20.0. The average molecular weight is 466 g/mol. The Hall–Kier alpha value is -2.22. The summed E-state index contributed by atoms with van der Waals surface area (Å²) in [6.45, 7) is 4.44. The van der Waals surface area contributed by atoms with Gasteiger partial charge in [-0.25, -0.2) is 4.68 Å². The number of para-hydroxylation sites is 1. The highest BCUT2D eigenvalue weighted by atomic mass is 32.1. The Bertz CT molecular complexity index is 1090. The van der Waals surface area contributed by atoms with Gasteiger partial charge < -0.3 is 15.1 Å². The SMILES string of the molecule is Cc1nn(-c2ccccc2)c2sc(C(=O)NC3CCC(N4CCC(N(C)C)CC4)CC3)cc12. The minimum absolute atomic E-state index is 0.0606. The Balaban J connectivity index is 1.19. The van der Waals surface area contributed by atoms with Gasteiger partial charge in [0.15, 0.2) is 0 Å². The highest BCUT2D eigenvalue weighted by molar-refractivity contribution is 7.20. The molecule has 2 aromatic heterocycles. The first-order valence-electron chi connectivity index (χ1n) is 12.3. The molecule has 0 unspecified atom stereocenters. The number of thiophene rings is 1. The predicted molar refractivity (Wildman–Crippen MR) is 135 cm³/mol. The molecule has 2 aliphatic rings. The predicted octanol–water partition coefficient (Wildman–Crippen LogP) is 4.46. The molecule has 5 rings (SSSR count). The van der Waals surface area contributed by atoms with E-state index in [-0.39, 0.29) is 11.9 Å². The van der Waals surface area contributed by atoms with E-state index in [9.17, 15) is 4.79 Å². The summed E-state index contributed by atoms with van der Waals surface area (Å²) in [6, 6.07) is 13.8. The van der Waals surface area contributed by atoms with Crippen molar-refractivity contribution in [3.05, 3.63) is 47.0 Å². The number of aryl methyl sites for hydroxylation is 1. The molecular weight excluding hydrogens is 430 g/mol. The van der Waals surface area contributed by atoms with Crippen LogP contribution >= 0.6 is 11.3 Å². The molecule has 7 heteroatoms. The third-order valence-electron chi connectivity index (χ3n) is 7.55. The highest BCUT2D eigenvalue weighted by Crippen LogP contribution is 2.31. The first kappa shape index (κ1) is 22.6. The van der Waals surface area contributed by atoms with Gasteiger partial charge in [0.25, 0.3) is 5.91 Å². The normalized spacial score (nSPS) is 22.8. The Morgan fingerprint density at radius 3 is 2.42 bits per heavy atom. The molecule has 6 nitrogen and oxygen atoms in total. The fraction of sp³-hybridized carbons (Fsp3) is 0.538. The molecule has 33 heavy (non-hydrogen) atoms. The van der Waals surface area contributed by atoms with E-state index < -0.39 is 0 Å². The lowest BCUT2D eigenvalue weighted by Crippen LogP contribution is -2.49. The fourth-order valence-electron chi connectivity index (χ4n) is 5.51. The number of carbonyl (C=O) groups excluding carboxylic acids is 1. The number of benzene rings is 1. The average Bonchev–Trinajstić information content (AvgIpc) is 3.41. The van der Waals surface area contributed by atoms with E-state index >= 15 is 0 Å². The van der Waals surface area contributed by atoms with Crippen LogP contribution in [-0.4, -0.2) is 70.8 Å². The summed E-state index contributed by atoms with van der Waals surface area (Å²) in [7, 11) is 4.40. The number of nitrogens with zero attached hydrogens (tertiary/aromatic N) is 4. The van der Waals surface area contributed by atoms with Crippen molar-refractivity contribution in [2.75, 3.05) is 27.2 Å². The number of hydrogen-bond donors (Lipinski definition) is 1. The van der Waals surface area contributed by atoms with Crippen LogP contribution in [-0.2, 0) is 0 Å². The standard InChI is InChI=1S/C26H35N5OS/c1-18-23-17-24(33-26(23)31(28-18)22-7-5-4-6-8-22)25(32)27-19-9-11-21(12-10-19)30-15-13-20(14-16-30)29(2)3/h4-8,17,19-21H,9-16H2,1-3H3,(H,27,32). The molecule has 0 atom stereocenters. The topological polar surface area (TPSA) is 53.4 Å². The monoisotopic (exact) mass is 465 g/mol. The maximum absolute atomic E-state index is 13.1. The third-order valence-corrected chi connectivity index (χ3v) is 8.66. The van der Waals surface area contributed by atoms with Crippen molar-refractivity contribution in [3.8, 4) is 5.69 Å². The zero-order valence-corrected chi connectivity index (χ0v) is 20.8. The summed E-state index contributed by atoms with van der Waals surface area (Å²) >= 11 is 1.54. The van der Waals surface area contributed by atoms with Crippen LogP contribution in [0.25, 0.3) is 15.9 Å². The molecule has 2 fully saturated rings. The molecule has 0 spiro atoms. The first-order chi connectivity index (χ1) is 16.0. The third kappa shape index (κ3) is 4.72. The van der Waals surface area contributed by atoms with Gasteiger partial charge in [-0.3, -0.25) is 4.79 Å². The van der Waals surface area contributed by atoms with Gasteiger partial charge in [-0.05, 0) is 90.8 Å². The molecule has 1 amide bonds. The van der Waals surface area contributed by atoms with Crippen molar-refractivity contribution in [1.29, 1.82) is 0 Å². The van der Waals surface area contributed by atoms with Crippen molar-refractivity contribution in [2.24, 2.45) is 0 Å². The van der Waals surface area contributed by atoms with E-state index in [1.54, 1.807) is 0 Å². The van der Waals surface area contributed by atoms with Crippen molar-refractivity contribution in [2.45, 2.75) is 63.6 Å². The number of likely N-dealkylation sites (tertiary alicyclic amines) is 1. The van der Waals surface area contributed by atoms with Crippen molar-refractivity contribution >= 4 is 27.5 Å². The first-order valence-corrected chi connectivity index (χ1v) is 13.1. The van der Waals surface area contributed by atoms with Crippen LogP contribution in [0.4, 0.5) is 0 Å². The Labute approximate surface area is 200 Å². The van der Waals surface area contributed by atoms with Crippen molar-refractivity contribution < 1.29 is 4.79 Å². The summed E-state index contributed by atoms with van der Waals surface area (Å²) in [5, 5.41) is 9.09. The molecule has 0 bridgehead atoms. The van der Waals surface area contributed by atoms with Crippen molar-refractivity contribution in [1.82, 2.24) is 24.9 Å². The zero-order chi connectivity index (χ0) is 22.9. The van der Waals surface area contributed by atoms with Crippen LogP contribution in [0.1, 0.15) is 53.9 Å². The van der Waals surface area contributed by atoms with E-state index in [0.717, 1.165) is 45.4 Å². The van der Waals surface area contributed by atoms with Gasteiger partial charge in [0.05, 0.1) is 16.3 Å². The lowest BCUT2D eigenvalue weighted by Gasteiger charge is -2.42. The van der Waals surface area contributed by atoms with Gasteiger partial charge in [-0.15, -0.1) is 11.3 Å². The van der Waals surface area contributed by atoms with Crippen LogP contribution in [0, 0.1) is 6.92 Å². The molecule has 176 valence electrons. The zero-order valence-electron chi connectivity index (χ0n) is 20.0. The second-order valence-electron chi connectivity index (χ2n) is 9.87. The van der Waals surface area contributed by atoms with E-state index in [1.165, 1.54) is 50.1 Å². The van der Waals surface area contributed by atoms with Gasteiger partial charge >= 0.3 is 0 Å². The Morgan fingerprint density at radius 2 is 1.76 bits per heavy atom. The molecule has 1 saturated carbocycles. The Morgan fingerprint density at radius 1 is 1.06 bits per heavy atom. The lowest BCUT2D eigenvalue weighted by atomic mass is 9.88. The number of piperidine rings is 1. The van der Waals surface area contributed by atoms with Gasteiger partial charge in [-0.1, -0.05) is 18.2 Å².